The zero-order chi connectivity index (χ0) is 15.5. The predicted octanol–water partition coefficient (Wildman–Crippen LogP) is 0.989. The molecule has 1 atom stereocenters. The first-order valence-corrected chi connectivity index (χ1v) is 7.96. The third kappa shape index (κ3) is 3.28. The summed E-state index contributed by atoms with van der Waals surface area (Å²) in [6.07, 6.45) is 5.52. The number of imide groups is 1. The second-order valence-electron chi connectivity index (χ2n) is 5.24. The van der Waals surface area contributed by atoms with Gasteiger partial charge in [0.05, 0.1) is 10.6 Å². The van der Waals surface area contributed by atoms with Crippen LogP contribution in [0, 0.1) is 0 Å². The van der Waals surface area contributed by atoms with Crippen molar-refractivity contribution in [3.63, 3.8) is 0 Å². The topological polar surface area (TPSA) is 87.2 Å². The number of piperidine rings is 1. The summed E-state index contributed by atoms with van der Waals surface area (Å²) in [7, 11) is 1.98. The summed E-state index contributed by atoms with van der Waals surface area (Å²) in [5.74, 6) is 0.248. The molecule has 7 nitrogen and oxygen atoms in total. The highest BCUT2D eigenvalue weighted by Crippen LogP contribution is 2.25. The Balaban J connectivity index is 1.79. The number of carbonyl (C=O) groups excluding carboxylic acids is 2. The number of amides is 2. The number of hydrogen-bond donors (Lipinski definition) is 2. The number of anilines is 1. The molecule has 0 aromatic carbocycles. The quantitative estimate of drug-likeness (QED) is 0.803. The van der Waals surface area contributed by atoms with E-state index in [1.807, 2.05) is 7.05 Å². The van der Waals surface area contributed by atoms with Crippen LogP contribution in [-0.4, -0.2) is 47.3 Å². The lowest BCUT2D eigenvalue weighted by atomic mass is 10.1. The molecule has 3 heterocycles. The molecule has 2 saturated heterocycles. The molecule has 2 aliphatic rings. The predicted molar refractivity (Wildman–Crippen MR) is 85.4 cm³/mol. The summed E-state index contributed by atoms with van der Waals surface area (Å²) >= 11 is 0.888. The van der Waals surface area contributed by atoms with Gasteiger partial charge in [-0.25, -0.2) is 9.97 Å². The van der Waals surface area contributed by atoms with E-state index in [9.17, 15) is 9.59 Å². The molecular formula is C14H17N5O2S. The summed E-state index contributed by atoms with van der Waals surface area (Å²) in [5, 5.41) is 5.25. The minimum Gasteiger partial charge on any atom is -0.340 e. The van der Waals surface area contributed by atoms with Crippen molar-refractivity contribution in [1.82, 2.24) is 20.6 Å². The van der Waals surface area contributed by atoms with Crippen LogP contribution in [0.5, 0.6) is 0 Å². The maximum absolute atomic E-state index is 11.6. The van der Waals surface area contributed by atoms with Crippen molar-refractivity contribution in [1.29, 1.82) is 0 Å². The first-order valence-electron chi connectivity index (χ1n) is 7.15. The Kier molecular flexibility index (Phi) is 4.39. The van der Waals surface area contributed by atoms with E-state index in [-0.39, 0.29) is 11.1 Å². The number of hydrogen-bond acceptors (Lipinski definition) is 7. The van der Waals surface area contributed by atoms with E-state index in [2.05, 4.69) is 25.5 Å². The fourth-order valence-corrected chi connectivity index (χ4v) is 3.16. The van der Waals surface area contributed by atoms with E-state index in [0.717, 1.165) is 37.7 Å². The van der Waals surface area contributed by atoms with Crippen molar-refractivity contribution in [3.05, 3.63) is 22.9 Å². The SMILES string of the molecule is CN(c1nccc(/C=C2\SC(=O)NC2=O)n1)[C@@H]1CCCNC1. The molecule has 2 amide bonds. The van der Waals surface area contributed by atoms with Gasteiger partial charge in [0.1, 0.15) is 0 Å². The highest BCUT2D eigenvalue weighted by atomic mass is 32.2. The van der Waals surface area contributed by atoms with E-state index in [1.165, 1.54) is 0 Å². The molecule has 8 heteroatoms. The number of nitrogens with one attached hydrogen (secondary N) is 2. The van der Waals surface area contributed by atoms with Crippen molar-refractivity contribution < 1.29 is 9.59 Å². The van der Waals surface area contributed by atoms with Gasteiger partial charge in [-0.3, -0.25) is 14.9 Å². The number of carbonyl (C=O) groups is 2. The Morgan fingerprint density at radius 2 is 2.32 bits per heavy atom. The maximum Gasteiger partial charge on any atom is 0.290 e. The van der Waals surface area contributed by atoms with Gasteiger partial charge in [0.2, 0.25) is 5.95 Å². The van der Waals surface area contributed by atoms with Crippen LogP contribution < -0.4 is 15.5 Å². The maximum atomic E-state index is 11.6. The van der Waals surface area contributed by atoms with Crippen molar-refractivity contribution in [2.45, 2.75) is 18.9 Å². The van der Waals surface area contributed by atoms with Gasteiger partial charge in [-0.15, -0.1) is 0 Å². The molecule has 0 radical (unpaired) electrons. The van der Waals surface area contributed by atoms with Gasteiger partial charge in [-0.2, -0.15) is 0 Å². The second-order valence-corrected chi connectivity index (χ2v) is 6.26. The van der Waals surface area contributed by atoms with E-state index in [1.54, 1.807) is 18.3 Å². The Morgan fingerprint density at radius 3 is 3.00 bits per heavy atom. The average Bonchev–Trinajstić information content (AvgIpc) is 2.85. The molecule has 0 spiro atoms. The van der Waals surface area contributed by atoms with Crippen LogP contribution in [0.15, 0.2) is 17.2 Å². The highest BCUT2D eigenvalue weighted by molar-refractivity contribution is 8.18. The van der Waals surface area contributed by atoms with Crippen LogP contribution in [0.1, 0.15) is 18.5 Å². The molecule has 2 aliphatic heterocycles. The molecule has 2 N–H and O–H groups in total. The van der Waals surface area contributed by atoms with Crippen LogP contribution in [0.3, 0.4) is 0 Å². The van der Waals surface area contributed by atoms with Gasteiger partial charge in [0.15, 0.2) is 0 Å². The Labute approximate surface area is 132 Å². The largest absolute Gasteiger partial charge is 0.340 e. The van der Waals surface area contributed by atoms with Crippen molar-refractivity contribution >= 4 is 34.9 Å². The zero-order valence-electron chi connectivity index (χ0n) is 12.2. The summed E-state index contributed by atoms with van der Waals surface area (Å²) < 4.78 is 0. The number of nitrogens with zero attached hydrogens (tertiary/aromatic N) is 3. The summed E-state index contributed by atoms with van der Waals surface area (Å²) in [4.78, 5) is 33.9. The molecule has 1 aromatic rings. The fraction of sp³-hybridized carbons (Fsp3) is 0.429. The first kappa shape index (κ1) is 15.0. The second kappa shape index (κ2) is 6.45. The van der Waals surface area contributed by atoms with Crippen LogP contribution in [0.4, 0.5) is 10.7 Å². The van der Waals surface area contributed by atoms with E-state index in [4.69, 9.17) is 0 Å². The molecule has 1 aromatic heterocycles. The molecule has 3 rings (SSSR count). The van der Waals surface area contributed by atoms with E-state index in [0.29, 0.717) is 22.6 Å². The normalized spacial score (nSPS) is 23.7. The number of aromatic nitrogens is 2. The highest BCUT2D eigenvalue weighted by Gasteiger charge is 2.25. The Hall–Kier alpha value is -1.93. The van der Waals surface area contributed by atoms with Gasteiger partial charge < -0.3 is 10.2 Å². The lowest BCUT2D eigenvalue weighted by Crippen LogP contribution is -2.44. The monoisotopic (exact) mass is 319 g/mol. The van der Waals surface area contributed by atoms with Crippen molar-refractivity contribution in [2.75, 3.05) is 25.0 Å². The van der Waals surface area contributed by atoms with Crippen molar-refractivity contribution in [2.24, 2.45) is 0 Å². The van der Waals surface area contributed by atoms with Crippen LogP contribution in [0.2, 0.25) is 0 Å². The molecule has 2 fully saturated rings. The molecule has 0 saturated carbocycles. The molecule has 22 heavy (non-hydrogen) atoms. The first-order chi connectivity index (χ1) is 10.6. The smallest absolute Gasteiger partial charge is 0.290 e. The Bertz CT molecular complexity index is 627. The van der Waals surface area contributed by atoms with Gasteiger partial charge in [-0.1, -0.05) is 0 Å². The lowest BCUT2D eigenvalue weighted by Gasteiger charge is -2.31. The van der Waals surface area contributed by atoms with Gasteiger partial charge in [0, 0.05) is 25.8 Å². The summed E-state index contributed by atoms with van der Waals surface area (Å²) in [6, 6.07) is 2.09. The molecule has 116 valence electrons. The molecule has 0 bridgehead atoms. The number of thioether (sulfide) groups is 1. The third-order valence-corrected chi connectivity index (χ3v) is 4.53. The molecular weight excluding hydrogens is 302 g/mol. The zero-order valence-corrected chi connectivity index (χ0v) is 13.0. The lowest BCUT2D eigenvalue weighted by molar-refractivity contribution is -0.115. The van der Waals surface area contributed by atoms with Gasteiger partial charge in [0.25, 0.3) is 11.1 Å². The minimum absolute atomic E-state index is 0.351. The molecule has 0 unspecified atom stereocenters. The van der Waals surface area contributed by atoms with E-state index >= 15 is 0 Å². The standard InChI is InChI=1S/C14H17N5O2S/c1-19(10-3-2-5-15-8-10)13-16-6-4-9(17-13)7-11-12(20)18-14(21)22-11/h4,6-7,10,15H,2-3,5,8H2,1H3,(H,18,20,21)/b11-7-/t10-/m1/s1. The average molecular weight is 319 g/mol. The van der Waals surface area contributed by atoms with Gasteiger partial charge in [-0.05, 0) is 43.3 Å². The van der Waals surface area contributed by atoms with Gasteiger partial charge >= 0.3 is 0 Å². The van der Waals surface area contributed by atoms with Crippen molar-refractivity contribution in [3.8, 4) is 0 Å². The third-order valence-electron chi connectivity index (χ3n) is 3.72. The molecule has 0 aliphatic carbocycles. The minimum atomic E-state index is -0.375. The van der Waals surface area contributed by atoms with Crippen LogP contribution >= 0.6 is 11.8 Å². The van der Waals surface area contributed by atoms with E-state index < -0.39 is 0 Å². The van der Waals surface area contributed by atoms with Crippen LogP contribution in [0.25, 0.3) is 6.08 Å². The Morgan fingerprint density at radius 1 is 1.45 bits per heavy atom. The fourth-order valence-electron chi connectivity index (χ4n) is 2.49. The van der Waals surface area contributed by atoms with Crippen LogP contribution in [-0.2, 0) is 4.79 Å². The number of likely N-dealkylation sites (N-methyl/N-ethyl adjacent to an activating group) is 1. The summed E-state index contributed by atoms with van der Waals surface area (Å²) in [6.45, 7) is 1.97. The summed E-state index contributed by atoms with van der Waals surface area (Å²) in [5.41, 5.74) is 0.618. The number of rotatable bonds is 3.